The predicted octanol–water partition coefficient (Wildman–Crippen LogP) is -5.08. The van der Waals surface area contributed by atoms with E-state index in [1.807, 2.05) is 0 Å². The summed E-state index contributed by atoms with van der Waals surface area (Å²) in [6, 6.07) is 11.2. The van der Waals surface area contributed by atoms with E-state index >= 15 is 0 Å². The van der Waals surface area contributed by atoms with Crippen molar-refractivity contribution in [2.24, 2.45) is 5.41 Å². The minimum Gasteiger partial charge on any atom is -1.00 e. The monoisotopic (exact) mass is 423 g/mol. The Labute approximate surface area is 171 Å². The van der Waals surface area contributed by atoms with Crippen molar-refractivity contribution >= 4 is 12.6 Å². The molecule has 0 nitrogen and oxygen atoms in total. The maximum atomic E-state index is 2.57. The first kappa shape index (κ1) is 25.7. The van der Waals surface area contributed by atoms with Crippen LogP contribution in [0.2, 0.25) is 0 Å². The van der Waals surface area contributed by atoms with Gasteiger partial charge in [-0.1, -0.05) is 0 Å². The molecule has 1 aliphatic rings. The Kier molecular flexibility index (Phi) is 13.4. The molecule has 0 amide bonds. The van der Waals surface area contributed by atoms with Crippen molar-refractivity contribution in [2.75, 3.05) is 0 Å². The van der Waals surface area contributed by atoms with Gasteiger partial charge in [0, 0.05) is 0 Å². The van der Waals surface area contributed by atoms with Crippen LogP contribution in [0.5, 0.6) is 0 Å². The van der Waals surface area contributed by atoms with Crippen molar-refractivity contribution in [3.8, 4) is 0 Å². The Morgan fingerprint density at radius 3 is 2.17 bits per heavy atom. The van der Waals surface area contributed by atoms with Gasteiger partial charge in [-0.15, -0.1) is 0 Å². The average Bonchev–Trinajstić information content (AvgIpc) is 2.81. The molecule has 0 bridgehead atoms. The summed E-state index contributed by atoms with van der Waals surface area (Å²) in [6.45, 7) is 9.49. The third-order valence-electron chi connectivity index (χ3n) is 3.80. The SMILES string of the molecule is CCCC1=C(C(C)(C)C)[C]([Ti+3][SiH2]c2ccccc2)=CC1.[Cl-].[Cl-].[Cl-]. The molecule has 5 heteroatoms. The molecule has 23 heavy (non-hydrogen) atoms. The Morgan fingerprint density at radius 2 is 1.65 bits per heavy atom. The summed E-state index contributed by atoms with van der Waals surface area (Å²) in [7, 11) is -0.0447. The normalized spacial score (nSPS) is 13.8. The summed E-state index contributed by atoms with van der Waals surface area (Å²) in [5.74, 6) is 0. The molecule has 0 spiro atoms. The first-order valence-electron chi connectivity index (χ1n) is 7.73. The van der Waals surface area contributed by atoms with Crippen LogP contribution < -0.4 is 42.4 Å². The number of rotatable bonds is 5. The first-order valence-corrected chi connectivity index (χ1v) is 13.2. The maximum absolute atomic E-state index is 2.57. The topological polar surface area (TPSA) is 0 Å². The average molecular weight is 425 g/mol. The fourth-order valence-corrected chi connectivity index (χ4v) is 9.74. The second kappa shape index (κ2) is 12.0. The van der Waals surface area contributed by atoms with Gasteiger partial charge in [0.15, 0.2) is 0 Å². The molecule has 0 unspecified atom stereocenters. The van der Waals surface area contributed by atoms with E-state index in [4.69, 9.17) is 0 Å². The minimum atomic E-state index is -0.0447. The van der Waals surface area contributed by atoms with E-state index in [9.17, 15) is 0 Å². The summed E-state index contributed by atoms with van der Waals surface area (Å²) in [5.41, 5.74) is 3.81. The Morgan fingerprint density at radius 1 is 1.04 bits per heavy atom. The van der Waals surface area contributed by atoms with Crippen LogP contribution in [0.25, 0.3) is 0 Å². The number of allylic oxidation sites excluding steroid dienone is 4. The fourth-order valence-electron chi connectivity index (χ4n) is 3.04. The van der Waals surface area contributed by atoms with Gasteiger partial charge in [0.25, 0.3) is 0 Å². The Bertz CT molecular complexity index is 519. The van der Waals surface area contributed by atoms with E-state index < -0.39 is 0 Å². The van der Waals surface area contributed by atoms with Crippen LogP contribution >= 0.6 is 0 Å². The third kappa shape index (κ3) is 7.50. The van der Waals surface area contributed by atoms with E-state index in [0.717, 1.165) is 0 Å². The third-order valence-corrected chi connectivity index (χ3v) is 10.5. The van der Waals surface area contributed by atoms with Crippen molar-refractivity contribution in [2.45, 2.75) is 47.0 Å². The van der Waals surface area contributed by atoms with Gasteiger partial charge in [-0.2, -0.15) is 0 Å². The predicted molar refractivity (Wildman–Crippen MR) is 88.7 cm³/mol. The number of halogens is 3. The van der Waals surface area contributed by atoms with Crippen LogP contribution in [0.4, 0.5) is 0 Å². The van der Waals surface area contributed by atoms with Gasteiger partial charge in [0.05, 0.1) is 0 Å². The van der Waals surface area contributed by atoms with Gasteiger partial charge in [-0.05, 0) is 0 Å². The van der Waals surface area contributed by atoms with Crippen LogP contribution in [0, 0.1) is 5.41 Å². The molecule has 127 valence electrons. The molecule has 1 aromatic rings. The quantitative estimate of drug-likeness (QED) is 0.415. The molecule has 0 heterocycles. The Hall–Kier alpha value is 0.501. The van der Waals surface area contributed by atoms with Crippen LogP contribution in [0.1, 0.15) is 47.0 Å². The molecule has 0 fully saturated rings. The molecular formula is C18H26Cl3SiTi. The minimum absolute atomic E-state index is 0. The van der Waals surface area contributed by atoms with Crippen LogP contribution in [0.15, 0.2) is 51.4 Å². The van der Waals surface area contributed by atoms with Crippen molar-refractivity contribution in [1.82, 2.24) is 0 Å². The summed E-state index contributed by atoms with van der Waals surface area (Å²) in [4.78, 5) is 0. The molecule has 0 radical (unpaired) electrons. The van der Waals surface area contributed by atoms with Gasteiger partial charge in [0.1, 0.15) is 0 Å². The summed E-state index contributed by atoms with van der Waals surface area (Å²) >= 11 is 0.0923. The molecule has 0 atom stereocenters. The molecule has 1 aromatic carbocycles. The van der Waals surface area contributed by atoms with Gasteiger partial charge < -0.3 is 37.2 Å². The standard InChI is InChI=1S/C12H19.C6H7Si.3ClH.Ti/c1-5-7-10-8-6-9-11(10)12(2,3)4;7-6-4-2-1-3-5-6;;;;/h6H,5,7-8H2,1-4H3;1-5H,7H2;3*1H;/q;;;;;+3/p-3. The molecule has 2 rings (SSSR count). The van der Waals surface area contributed by atoms with Crippen LogP contribution in [-0.4, -0.2) is 7.39 Å². The van der Waals surface area contributed by atoms with Crippen LogP contribution in [-0.2, 0) is 18.4 Å². The molecule has 0 N–H and O–H groups in total. The van der Waals surface area contributed by atoms with E-state index in [1.165, 1.54) is 19.3 Å². The molecule has 0 saturated heterocycles. The van der Waals surface area contributed by atoms with Gasteiger partial charge in [-0.3, -0.25) is 0 Å². The van der Waals surface area contributed by atoms with Crippen LogP contribution in [0.3, 0.4) is 0 Å². The summed E-state index contributed by atoms with van der Waals surface area (Å²) in [6.07, 6.45) is 6.39. The molecule has 0 aliphatic heterocycles. The zero-order valence-corrected chi connectivity index (χ0v) is 19.7. The van der Waals surface area contributed by atoms with E-state index in [1.54, 1.807) is 20.2 Å². The summed E-state index contributed by atoms with van der Waals surface area (Å²) < 4.78 is 1.79. The zero-order chi connectivity index (χ0) is 14.6. The second-order valence-corrected chi connectivity index (χ2v) is 12.3. The molecular weight excluding hydrogens is 399 g/mol. The molecule has 0 aromatic heterocycles. The fraction of sp³-hybridized carbons (Fsp3) is 0.444. The number of hydrogen-bond acceptors (Lipinski definition) is 0. The van der Waals surface area contributed by atoms with Gasteiger partial charge >= 0.3 is 135 Å². The maximum Gasteiger partial charge on any atom is -1.00 e. The van der Waals surface area contributed by atoms with Crippen molar-refractivity contribution < 1.29 is 55.6 Å². The number of benzene rings is 1. The summed E-state index contributed by atoms with van der Waals surface area (Å²) in [5, 5.41) is 1.64. The van der Waals surface area contributed by atoms with Gasteiger partial charge in [0.2, 0.25) is 0 Å². The van der Waals surface area contributed by atoms with Crippen molar-refractivity contribution in [1.29, 1.82) is 0 Å². The van der Waals surface area contributed by atoms with Crippen molar-refractivity contribution in [3.05, 3.63) is 51.4 Å². The van der Waals surface area contributed by atoms with E-state index in [0.29, 0.717) is 5.41 Å². The van der Waals surface area contributed by atoms with Crippen molar-refractivity contribution in [3.63, 3.8) is 0 Å². The Balaban J connectivity index is 0. The van der Waals surface area contributed by atoms with E-state index in [2.05, 4.69) is 64.1 Å². The largest absolute Gasteiger partial charge is 1.00 e. The smallest absolute Gasteiger partial charge is 1.00 e. The second-order valence-electron chi connectivity index (χ2n) is 6.64. The molecule has 0 saturated carbocycles. The zero-order valence-electron chi connectivity index (χ0n) is 14.4. The van der Waals surface area contributed by atoms with Gasteiger partial charge in [-0.25, -0.2) is 0 Å². The molecule has 1 aliphatic carbocycles. The first-order chi connectivity index (χ1) is 9.52. The van der Waals surface area contributed by atoms with E-state index in [-0.39, 0.29) is 63.0 Å². The number of hydrogen-bond donors (Lipinski definition) is 0.